The van der Waals surface area contributed by atoms with E-state index in [9.17, 15) is 9.59 Å². The van der Waals surface area contributed by atoms with E-state index in [1.54, 1.807) is 0 Å². The van der Waals surface area contributed by atoms with Crippen LogP contribution < -0.4 is 0 Å². The Balaban J connectivity index is 2.15. The molecule has 122 valence electrons. The molecule has 0 aromatic carbocycles. The van der Waals surface area contributed by atoms with Crippen molar-refractivity contribution >= 4 is 81.4 Å². The van der Waals surface area contributed by atoms with Gasteiger partial charge in [-0.25, -0.2) is 0 Å². The third kappa shape index (κ3) is 1.59. The third-order valence-electron chi connectivity index (χ3n) is 4.74. The molecule has 0 unspecified atom stereocenters. The summed E-state index contributed by atoms with van der Waals surface area (Å²) in [7, 11) is 0. The summed E-state index contributed by atoms with van der Waals surface area (Å²) >= 11 is 38.2. The molecule has 0 radical (unpaired) electrons. The van der Waals surface area contributed by atoms with Gasteiger partial charge in [0.05, 0.1) is 21.9 Å². The fraction of sp³-hybridized carbons (Fsp3) is 0.692. The Bertz CT molecular complexity index is 574. The van der Waals surface area contributed by atoms with Crippen LogP contribution in [0.25, 0.3) is 0 Å². The summed E-state index contributed by atoms with van der Waals surface area (Å²) in [6.07, 6.45) is 1.52. The molecule has 4 atom stereocenters. The number of amides is 2. The molecule has 1 aliphatic heterocycles. The van der Waals surface area contributed by atoms with Gasteiger partial charge >= 0.3 is 0 Å². The second-order valence-electron chi connectivity index (χ2n) is 5.76. The lowest BCUT2D eigenvalue weighted by atomic mass is 9.84. The quantitative estimate of drug-likeness (QED) is 0.501. The Morgan fingerprint density at radius 3 is 1.73 bits per heavy atom. The van der Waals surface area contributed by atoms with Crippen molar-refractivity contribution in [1.29, 1.82) is 0 Å². The number of carbonyl (C=O) groups excluding carboxylic acids is 2. The minimum atomic E-state index is -1.85. The van der Waals surface area contributed by atoms with E-state index in [2.05, 4.69) is 0 Å². The highest BCUT2D eigenvalue weighted by atomic mass is 35.5. The number of carbonyl (C=O) groups is 2. The van der Waals surface area contributed by atoms with Crippen molar-refractivity contribution < 1.29 is 9.59 Å². The van der Waals surface area contributed by atoms with Crippen LogP contribution in [0.5, 0.6) is 0 Å². The summed E-state index contributed by atoms with van der Waals surface area (Å²) in [5.74, 6) is -2.93. The van der Waals surface area contributed by atoms with E-state index in [4.69, 9.17) is 69.6 Å². The number of alkyl halides is 4. The van der Waals surface area contributed by atoms with E-state index >= 15 is 0 Å². The van der Waals surface area contributed by atoms with Crippen molar-refractivity contribution in [2.24, 2.45) is 11.8 Å². The average Bonchev–Trinajstić information content (AvgIpc) is 2.83. The van der Waals surface area contributed by atoms with Crippen LogP contribution >= 0.6 is 69.6 Å². The highest BCUT2D eigenvalue weighted by Crippen LogP contribution is 2.77. The van der Waals surface area contributed by atoms with Crippen molar-refractivity contribution in [2.45, 2.75) is 33.8 Å². The number of imide groups is 1. The van der Waals surface area contributed by atoms with E-state index in [0.717, 1.165) is 11.3 Å². The van der Waals surface area contributed by atoms with E-state index < -0.39 is 37.7 Å². The summed E-state index contributed by atoms with van der Waals surface area (Å²) in [6.45, 7) is 2.26. The number of unbranched alkanes of at least 4 members (excludes halogenated alkanes) is 1. The number of nitrogens with zero attached hydrogens (tertiary/aromatic N) is 1. The van der Waals surface area contributed by atoms with Gasteiger partial charge < -0.3 is 0 Å². The molecular weight excluding hydrogens is 415 g/mol. The summed E-state index contributed by atoms with van der Waals surface area (Å²) in [5.41, 5.74) is 0. The molecular formula is C13H11Cl6NO2. The van der Waals surface area contributed by atoms with Gasteiger partial charge in [0.1, 0.15) is 9.75 Å². The maximum Gasteiger partial charge on any atom is 0.235 e. The van der Waals surface area contributed by atoms with Crippen molar-refractivity contribution in [2.75, 3.05) is 6.54 Å². The molecule has 2 fully saturated rings. The van der Waals surface area contributed by atoms with Crippen molar-refractivity contribution in [3.05, 3.63) is 10.1 Å². The van der Waals surface area contributed by atoms with Gasteiger partial charge in [-0.3, -0.25) is 14.5 Å². The van der Waals surface area contributed by atoms with Crippen LogP contribution in [0.2, 0.25) is 0 Å². The van der Waals surface area contributed by atoms with Crippen LogP contribution in [-0.2, 0) is 9.59 Å². The number of rotatable bonds is 3. The molecule has 0 spiro atoms. The molecule has 22 heavy (non-hydrogen) atoms. The predicted molar refractivity (Wildman–Crippen MR) is 88.9 cm³/mol. The molecule has 0 aromatic heterocycles. The first-order valence-corrected chi connectivity index (χ1v) is 9.02. The van der Waals surface area contributed by atoms with E-state index in [1.807, 2.05) is 6.92 Å². The molecule has 3 rings (SSSR count). The van der Waals surface area contributed by atoms with Crippen LogP contribution in [0.4, 0.5) is 0 Å². The van der Waals surface area contributed by atoms with Gasteiger partial charge in [0.2, 0.25) is 11.8 Å². The van der Waals surface area contributed by atoms with Crippen molar-refractivity contribution in [3.8, 4) is 0 Å². The van der Waals surface area contributed by atoms with E-state index in [-0.39, 0.29) is 10.1 Å². The Morgan fingerprint density at radius 1 is 0.955 bits per heavy atom. The summed E-state index contributed by atoms with van der Waals surface area (Å²) in [6, 6.07) is 0. The molecule has 9 heteroatoms. The van der Waals surface area contributed by atoms with Gasteiger partial charge in [-0.15, -0.1) is 23.2 Å². The molecule has 2 bridgehead atoms. The maximum absolute atomic E-state index is 12.7. The summed E-state index contributed by atoms with van der Waals surface area (Å²) in [5, 5.41) is -0.119. The molecule has 2 amide bonds. The number of hydrogen-bond donors (Lipinski definition) is 0. The van der Waals surface area contributed by atoms with Crippen LogP contribution in [0, 0.1) is 11.8 Å². The van der Waals surface area contributed by atoms with Crippen LogP contribution in [0.1, 0.15) is 19.8 Å². The van der Waals surface area contributed by atoms with Gasteiger partial charge in [-0.2, -0.15) is 0 Å². The fourth-order valence-corrected chi connectivity index (χ4v) is 6.52. The number of likely N-dealkylation sites (tertiary alicyclic amines) is 1. The molecule has 0 aromatic rings. The standard InChI is InChI=1S/C13H11Cl6NO2/c1-2-3-4-20-9(21)5-6(10(20)22)12(17)8(15)7(14)11(5,16)13(12,18)19/h5-6H,2-4H2,1H3/t5-,6-,11+,12+/m1/s1. The summed E-state index contributed by atoms with van der Waals surface area (Å²) < 4.78 is -1.85. The number of hydrogen-bond acceptors (Lipinski definition) is 2. The lowest BCUT2D eigenvalue weighted by Gasteiger charge is -2.34. The van der Waals surface area contributed by atoms with Gasteiger partial charge in [0, 0.05) is 6.54 Å². The molecule has 3 nitrogen and oxygen atoms in total. The van der Waals surface area contributed by atoms with Gasteiger partial charge in [0.15, 0.2) is 4.33 Å². The number of halogens is 6. The van der Waals surface area contributed by atoms with Crippen molar-refractivity contribution in [3.63, 3.8) is 0 Å². The van der Waals surface area contributed by atoms with Crippen LogP contribution in [0.3, 0.4) is 0 Å². The zero-order valence-electron chi connectivity index (χ0n) is 11.3. The minimum absolute atomic E-state index is 0.0597. The second-order valence-corrected chi connectivity index (χ2v) is 9.04. The first-order valence-electron chi connectivity index (χ1n) is 6.75. The second kappa shape index (κ2) is 5.06. The molecule has 3 aliphatic rings. The lowest BCUT2D eigenvalue weighted by molar-refractivity contribution is -0.140. The largest absolute Gasteiger partial charge is 0.282 e. The zero-order valence-corrected chi connectivity index (χ0v) is 15.8. The normalized spacial score (nSPS) is 42.6. The van der Waals surface area contributed by atoms with Gasteiger partial charge in [0.25, 0.3) is 0 Å². The van der Waals surface area contributed by atoms with Crippen molar-refractivity contribution in [1.82, 2.24) is 4.90 Å². The molecule has 1 saturated heterocycles. The Morgan fingerprint density at radius 2 is 1.36 bits per heavy atom. The topological polar surface area (TPSA) is 37.4 Å². The number of fused-ring (bicyclic) bond motifs is 5. The molecule has 2 aliphatic carbocycles. The highest BCUT2D eigenvalue weighted by Gasteiger charge is 2.87. The molecule has 0 N–H and O–H groups in total. The van der Waals surface area contributed by atoms with E-state index in [1.165, 1.54) is 0 Å². The van der Waals surface area contributed by atoms with Crippen LogP contribution in [0.15, 0.2) is 10.1 Å². The average molecular weight is 426 g/mol. The highest BCUT2D eigenvalue weighted by molar-refractivity contribution is 6.66. The molecule has 1 heterocycles. The SMILES string of the molecule is CCCCN1C(=O)[C@H]2[C@H](C1=O)[C@]1(Cl)C(Cl)=C(Cl)[C@]2(Cl)C1(Cl)Cl. The lowest BCUT2D eigenvalue weighted by Crippen LogP contribution is -2.50. The van der Waals surface area contributed by atoms with E-state index in [0.29, 0.717) is 13.0 Å². The Kier molecular flexibility index (Phi) is 4.01. The Hall–Kier alpha value is 0.620. The number of allylic oxidation sites excluding steroid dienone is 2. The maximum atomic E-state index is 12.7. The summed E-state index contributed by atoms with van der Waals surface area (Å²) in [4.78, 5) is 23.2. The monoisotopic (exact) mass is 423 g/mol. The smallest absolute Gasteiger partial charge is 0.235 e. The van der Waals surface area contributed by atoms with Crippen LogP contribution in [-0.4, -0.2) is 37.3 Å². The predicted octanol–water partition coefficient (Wildman–Crippen LogP) is 4.23. The first-order chi connectivity index (χ1) is 10.1. The van der Waals surface area contributed by atoms with Gasteiger partial charge in [-0.05, 0) is 6.42 Å². The zero-order chi connectivity index (χ0) is 16.7. The third-order valence-corrected chi connectivity index (χ3v) is 8.99. The first kappa shape index (κ1) is 17.4. The van der Waals surface area contributed by atoms with Gasteiger partial charge in [-0.1, -0.05) is 59.7 Å². The fourth-order valence-electron chi connectivity index (χ4n) is 3.59. The Labute approximate surface area is 157 Å². The minimum Gasteiger partial charge on any atom is -0.282 e. The molecule has 1 saturated carbocycles.